The summed E-state index contributed by atoms with van der Waals surface area (Å²) in [6.45, 7) is 8.88. The predicted molar refractivity (Wildman–Crippen MR) is 87.5 cm³/mol. The highest BCUT2D eigenvalue weighted by molar-refractivity contribution is 5.85. The van der Waals surface area contributed by atoms with Gasteiger partial charge in [-0.05, 0) is 43.8 Å². The Bertz CT molecular complexity index is 349. The van der Waals surface area contributed by atoms with E-state index < -0.39 is 0 Å². The maximum Gasteiger partial charge on any atom is 0.0951 e. The van der Waals surface area contributed by atoms with Crippen molar-refractivity contribution in [1.82, 2.24) is 4.90 Å². The molecule has 1 fully saturated rings. The van der Waals surface area contributed by atoms with Gasteiger partial charge in [-0.3, -0.25) is 0 Å². The van der Waals surface area contributed by atoms with E-state index in [1.54, 1.807) is 0 Å². The number of hydrogen-bond acceptors (Lipinski definition) is 2. The third-order valence-corrected chi connectivity index (χ3v) is 3.81. The van der Waals surface area contributed by atoms with Crippen LogP contribution in [0.15, 0.2) is 30.3 Å². The second-order valence-corrected chi connectivity index (χ2v) is 5.96. The topological polar surface area (TPSA) is 12.5 Å². The number of benzene rings is 1. The lowest BCUT2D eigenvalue weighted by Gasteiger charge is -2.24. The molecule has 1 unspecified atom stereocenters. The summed E-state index contributed by atoms with van der Waals surface area (Å²) in [5.74, 6) is 0.711. The van der Waals surface area contributed by atoms with Gasteiger partial charge in [0.05, 0.1) is 6.10 Å². The van der Waals surface area contributed by atoms with Crippen molar-refractivity contribution in [3.8, 4) is 0 Å². The average Bonchev–Trinajstić information content (AvgIpc) is 2.91. The Morgan fingerprint density at radius 2 is 1.75 bits per heavy atom. The van der Waals surface area contributed by atoms with Crippen molar-refractivity contribution in [3.63, 3.8) is 0 Å². The molecule has 1 aromatic rings. The molecular weight excluding hydrogens is 270 g/mol. The van der Waals surface area contributed by atoms with E-state index in [9.17, 15) is 0 Å². The monoisotopic (exact) mass is 297 g/mol. The largest absolute Gasteiger partial charge is 0.372 e. The van der Waals surface area contributed by atoms with Crippen molar-refractivity contribution in [3.05, 3.63) is 35.9 Å². The Hall–Kier alpha value is -0.570. The molecule has 114 valence electrons. The van der Waals surface area contributed by atoms with Gasteiger partial charge < -0.3 is 9.64 Å². The molecule has 0 bridgehead atoms. The zero-order chi connectivity index (χ0) is 13.5. The van der Waals surface area contributed by atoms with Crippen LogP contribution in [-0.4, -0.2) is 31.1 Å². The van der Waals surface area contributed by atoms with Crippen LogP contribution in [0.25, 0.3) is 0 Å². The molecule has 1 aliphatic heterocycles. The van der Waals surface area contributed by atoms with E-state index in [1.807, 2.05) is 0 Å². The molecule has 0 aromatic heterocycles. The van der Waals surface area contributed by atoms with Crippen LogP contribution < -0.4 is 0 Å². The molecular formula is C17H28ClNO. The highest BCUT2D eigenvalue weighted by Gasteiger charge is 2.19. The van der Waals surface area contributed by atoms with Crippen LogP contribution in [0.4, 0.5) is 0 Å². The molecule has 1 heterocycles. The number of likely N-dealkylation sites (tertiary alicyclic amines) is 1. The molecule has 1 aliphatic rings. The van der Waals surface area contributed by atoms with E-state index in [1.165, 1.54) is 31.5 Å². The summed E-state index contributed by atoms with van der Waals surface area (Å²) in [7, 11) is 0. The van der Waals surface area contributed by atoms with Gasteiger partial charge in [-0.15, -0.1) is 12.4 Å². The molecule has 0 aliphatic carbocycles. The van der Waals surface area contributed by atoms with Crippen LogP contribution in [0, 0.1) is 5.92 Å². The fourth-order valence-electron chi connectivity index (χ4n) is 2.57. The van der Waals surface area contributed by atoms with E-state index in [0.29, 0.717) is 5.92 Å². The van der Waals surface area contributed by atoms with Crippen LogP contribution in [-0.2, 0) is 4.74 Å². The van der Waals surface area contributed by atoms with Crippen LogP contribution in [0.3, 0.4) is 0 Å². The summed E-state index contributed by atoms with van der Waals surface area (Å²) in [5.41, 5.74) is 1.32. The molecule has 3 heteroatoms. The van der Waals surface area contributed by atoms with Gasteiger partial charge in [0.2, 0.25) is 0 Å². The lowest BCUT2D eigenvalue weighted by Crippen LogP contribution is -2.27. The maximum atomic E-state index is 6.16. The number of hydrogen-bond donors (Lipinski definition) is 0. The quantitative estimate of drug-likeness (QED) is 0.743. The van der Waals surface area contributed by atoms with Gasteiger partial charge in [0.15, 0.2) is 0 Å². The molecule has 0 N–H and O–H groups in total. The summed E-state index contributed by atoms with van der Waals surface area (Å²) < 4.78 is 6.16. The molecule has 1 saturated heterocycles. The Balaban J connectivity index is 0.00000200. The molecule has 2 nitrogen and oxygen atoms in total. The fourth-order valence-corrected chi connectivity index (χ4v) is 2.57. The van der Waals surface area contributed by atoms with Crippen LogP contribution >= 0.6 is 12.4 Å². The van der Waals surface area contributed by atoms with E-state index >= 15 is 0 Å². The second-order valence-electron chi connectivity index (χ2n) is 5.96. The SMILES string of the molecule is CC(C)CCOC(CN1CCCC1)c1ccccc1.Cl. The molecule has 0 saturated carbocycles. The van der Waals surface area contributed by atoms with Crippen molar-refractivity contribution in [2.24, 2.45) is 5.92 Å². The molecule has 0 radical (unpaired) electrons. The van der Waals surface area contributed by atoms with Crippen molar-refractivity contribution in [2.45, 2.75) is 39.2 Å². The Labute approximate surface area is 129 Å². The second kappa shape index (κ2) is 9.38. The van der Waals surface area contributed by atoms with Crippen LogP contribution in [0.2, 0.25) is 0 Å². The van der Waals surface area contributed by atoms with Gasteiger partial charge >= 0.3 is 0 Å². The first-order valence-electron chi connectivity index (χ1n) is 7.64. The van der Waals surface area contributed by atoms with Gasteiger partial charge in [0.25, 0.3) is 0 Å². The smallest absolute Gasteiger partial charge is 0.0951 e. The number of nitrogens with zero attached hydrogens (tertiary/aromatic N) is 1. The van der Waals surface area contributed by atoms with Gasteiger partial charge in [0.1, 0.15) is 0 Å². The summed E-state index contributed by atoms with van der Waals surface area (Å²) in [6, 6.07) is 10.7. The Morgan fingerprint density at radius 1 is 1.10 bits per heavy atom. The minimum absolute atomic E-state index is 0. The third kappa shape index (κ3) is 5.82. The van der Waals surface area contributed by atoms with Gasteiger partial charge in [-0.1, -0.05) is 44.2 Å². The van der Waals surface area contributed by atoms with Crippen molar-refractivity contribution >= 4 is 12.4 Å². The van der Waals surface area contributed by atoms with Crippen LogP contribution in [0.1, 0.15) is 44.8 Å². The highest BCUT2D eigenvalue weighted by atomic mass is 35.5. The van der Waals surface area contributed by atoms with Crippen molar-refractivity contribution in [1.29, 1.82) is 0 Å². The molecule has 1 atom stereocenters. The summed E-state index contributed by atoms with van der Waals surface area (Å²) >= 11 is 0. The molecule has 1 aromatic carbocycles. The standard InChI is InChI=1S/C17H27NO.ClH/c1-15(2)10-13-19-17(14-18-11-6-7-12-18)16-8-4-3-5-9-16;/h3-5,8-9,15,17H,6-7,10-14H2,1-2H3;1H. The molecule has 0 amide bonds. The zero-order valence-corrected chi connectivity index (χ0v) is 13.6. The molecule has 0 spiro atoms. The van der Waals surface area contributed by atoms with Gasteiger partial charge in [-0.25, -0.2) is 0 Å². The van der Waals surface area contributed by atoms with E-state index in [4.69, 9.17) is 4.74 Å². The van der Waals surface area contributed by atoms with Gasteiger partial charge in [0, 0.05) is 13.2 Å². The van der Waals surface area contributed by atoms with Crippen molar-refractivity contribution in [2.75, 3.05) is 26.2 Å². The minimum atomic E-state index is 0. The minimum Gasteiger partial charge on any atom is -0.372 e. The Morgan fingerprint density at radius 3 is 2.35 bits per heavy atom. The number of halogens is 1. The first-order valence-corrected chi connectivity index (χ1v) is 7.64. The van der Waals surface area contributed by atoms with E-state index in [0.717, 1.165) is 19.6 Å². The lowest BCUT2D eigenvalue weighted by atomic mass is 10.1. The molecule has 2 rings (SSSR count). The summed E-state index contributed by atoms with van der Waals surface area (Å²) in [6.07, 6.45) is 4.06. The predicted octanol–water partition coefficient (Wildman–Crippen LogP) is 4.31. The summed E-state index contributed by atoms with van der Waals surface area (Å²) in [4.78, 5) is 2.53. The van der Waals surface area contributed by atoms with Gasteiger partial charge in [-0.2, -0.15) is 0 Å². The van der Waals surface area contributed by atoms with E-state index in [2.05, 4.69) is 49.1 Å². The van der Waals surface area contributed by atoms with Crippen molar-refractivity contribution < 1.29 is 4.74 Å². The first kappa shape index (κ1) is 17.5. The zero-order valence-electron chi connectivity index (χ0n) is 12.8. The van der Waals surface area contributed by atoms with Crippen LogP contribution in [0.5, 0.6) is 0 Å². The van der Waals surface area contributed by atoms with E-state index in [-0.39, 0.29) is 18.5 Å². The normalized spacial score (nSPS) is 17.1. The first-order chi connectivity index (χ1) is 9.25. The summed E-state index contributed by atoms with van der Waals surface area (Å²) in [5, 5.41) is 0. The average molecular weight is 298 g/mol. The number of ether oxygens (including phenoxy) is 1. The highest BCUT2D eigenvalue weighted by Crippen LogP contribution is 2.21. The Kier molecular flexibility index (Phi) is 8.20. The maximum absolute atomic E-state index is 6.16. The fraction of sp³-hybridized carbons (Fsp3) is 0.647. The lowest BCUT2D eigenvalue weighted by molar-refractivity contribution is 0.0242. The molecule has 20 heavy (non-hydrogen) atoms. The third-order valence-electron chi connectivity index (χ3n) is 3.81. The number of rotatable bonds is 7.